The molecule has 0 spiro atoms. The van der Waals surface area contributed by atoms with Crippen molar-refractivity contribution in [3.05, 3.63) is 69.7 Å². The maximum atomic E-state index is 5.93. The van der Waals surface area contributed by atoms with Gasteiger partial charge in [0.15, 0.2) is 0 Å². The molecule has 0 heterocycles. The van der Waals surface area contributed by atoms with E-state index in [9.17, 15) is 0 Å². The molecule has 1 heteroatoms. The molecular formula is C24H25Cl. The first-order chi connectivity index (χ1) is 12.2. The first kappa shape index (κ1) is 16.7. The largest absolute Gasteiger partial charge is 0.0843 e. The van der Waals surface area contributed by atoms with Crippen LogP contribution in [0, 0.1) is 23.7 Å². The standard InChI is InChI=1S/C24H25Cl/c1-2-17-7-13-23-20(15-17)9-10-21-16-19(8-14-24(21)23)4-3-18-5-11-22(25)12-6-18/h5-6,8,11-12,14,16-17,20,23H,2,7,9-10,13,15H2,1H3. The Kier molecular flexibility index (Phi) is 4.87. The molecule has 2 aliphatic carbocycles. The van der Waals surface area contributed by atoms with Crippen LogP contribution in [-0.4, -0.2) is 0 Å². The summed E-state index contributed by atoms with van der Waals surface area (Å²) in [4.78, 5) is 0. The molecule has 0 nitrogen and oxygen atoms in total. The first-order valence-electron chi connectivity index (χ1n) is 9.63. The molecule has 4 rings (SSSR count). The van der Waals surface area contributed by atoms with Crippen molar-refractivity contribution in [1.82, 2.24) is 0 Å². The highest BCUT2D eigenvalue weighted by Gasteiger charge is 2.34. The SMILES string of the molecule is CCC1CCC2c3ccc(C#Cc4ccc(Cl)cc4)cc3CCC2C1. The van der Waals surface area contributed by atoms with E-state index in [4.69, 9.17) is 11.6 Å². The van der Waals surface area contributed by atoms with Gasteiger partial charge in [0.05, 0.1) is 0 Å². The van der Waals surface area contributed by atoms with Crippen molar-refractivity contribution in [3.63, 3.8) is 0 Å². The first-order valence-corrected chi connectivity index (χ1v) is 10.0. The lowest BCUT2D eigenvalue weighted by atomic mass is 9.65. The van der Waals surface area contributed by atoms with E-state index in [1.165, 1.54) is 38.5 Å². The number of rotatable bonds is 1. The molecule has 0 bridgehead atoms. The molecule has 0 saturated heterocycles. The number of fused-ring (bicyclic) bond motifs is 3. The Morgan fingerprint density at radius 2 is 1.72 bits per heavy atom. The molecular weight excluding hydrogens is 324 g/mol. The monoisotopic (exact) mass is 348 g/mol. The number of hydrogen-bond donors (Lipinski definition) is 0. The second-order valence-corrected chi connectivity index (χ2v) is 8.10. The Morgan fingerprint density at radius 1 is 0.960 bits per heavy atom. The number of halogens is 1. The number of aryl methyl sites for hydroxylation is 1. The molecule has 1 saturated carbocycles. The third kappa shape index (κ3) is 3.63. The summed E-state index contributed by atoms with van der Waals surface area (Å²) in [5, 5.41) is 0.756. The van der Waals surface area contributed by atoms with Gasteiger partial charge in [-0.05, 0) is 97.4 Å². The average molecular weight is 349 g/mol. The molecule has 2 aliphatic rings. The summed E-state index contributed by atoms with van der Waals surface area (Å²) in [5.41, 5.74) is 5.30. The van der Waals surface area contributed by atoms with Crippen LogP contribution in [0.3, 0.4) is 0 Å². The van der Waals surface area contributed by atoms with Gasteiger partial charge >= 0.3 is 0 Å². The zero-order chi connectivity index (χ0) is 17.2. The molecule has 3 atom stereocenters. The lowest BCUT2D eigenvalue weighted by Gasteiger charge is -2.40. The molecule has 3 unspecified atom stereocenters. The van der Waals surface area contributed by atoms with Crippen molar-refractivity contribution < 1.29 is 0 Å². The Morgan fingerprint density at radius 3 is 2.52 bits per heavy atom. The fraction of sp³-hybridized carbons (Fsp3) is 0.417. The fourth-order valence-electron chi connectivity index (χ4n) is 4.74. The summed E-state index contributed by atoms with van der Waals surface area (Å²) in [5.74, 6) is 9.26. The van der Waals surface area contributed by atoms with Crippen LogP contribution in [0.2, 0.25) is 5.02 Å². The topological polar surface area (TPSA) is 0 Å². The molecule has 0 aromatic heterocycles. The van der Waals surface area contributed by atoms with Gasteiger partial charge in [-0.3, -0.25) is 0 Å². The van der Waals surface area contributed by atoms with Gasteiger partial charge in [0.25, 0.3) is 0 Å². The summed E-state index contributed by atoms with van der Waals surface area (Å²) in [7, 11) is 0. The van der Waals surface area contributed by atoms with Crippen molar-refractivity contribution in [2.24, 2.45) is 11.8 Å². The van der Waals surface area contributed by atoms with Crippen LogP contribution in [0.5, 0.6) is 0 Å². The van der Waals surface area contributed by atoms with Crippen molar-refractivity contribution in [3.8, 4) is 11.8 Å². The van der Waals surface area contributed by atoms with Crippen LogP contribution in [-0.2, 0) is 6.42 Å². The van der Waals surface area contributed by atoms with Crippen LogP contribution in [0.25, 0.3) is 0 Å². The van der Waals surface area contributed by atoms with Crippen molar-refractivity contribution in [2.75, 3.05) is 0 Å². The summed E-state index contributed by atoms with van der Waals surface area (Å²) in [6.45, 7) is 2.35. The smallest absolute Gasteiger partial charge is 0.0406 e. The van der Waals surface area contributed by atoms with E-state index in [1.54, 1.807) is 11.1 Å². The predicted octanol–water partition coefficient (Wildman–Crippen LogP) is 6.60. The van der Waals surface area contributed by atoms with E-state index in [-0.39, 0.29) is 0 Å². The van der Waals surface area contributed by atoms with E-state index in [0.29, 0.717) is 0 Å². The number of benzene rings is 2. The minimum absolute atomic E-state index is 0.756. The second kappa shape index (κ2) is 7.27. The highest BCUT2D eigenvalue weighted by atomic mass is 35.5. The van der Waals surface area contributed by atoms with E-state index in [0.717, 1.165) is 33.9 Å². The minimum Gasteiger partial charge on any atom is -0.0843 e. The Balaban J connectivity index is 1.55. The maximum absolute atomic E-state index is 5.93. The van der Waals surface area contributed by atoms with Crippen LogP contribution < -0.4 is 0 Å². The highest BCUT2D eigenvalue weighted by Crippen LogP contribution is 2.47. The summed E-state index contributed by atoms with van der Waals surface area (Å²) in [6.07, 6.45) is 8.18. The fourth-order valence-corrected chi connectivity index (χ4v) is 4.87. The molecule has 128 valence electrons. The van der Waals surface area contributed by atoms with Gasteiger partial charge in [0, 0.05) is 16.1 Å². The molecule has 0 amide bonds. The molecule has 2 aromatic carbocycles. The summed E-state index contributed by atoms with van der Waals surface area (Å²) >= 11 is 5.93. The van der Waals surface area contributed by atoms with Gasteiger partial charge in [0.1, 0.15) is 0 Å². The normalized spacial score (nSPS) is 24.6. The van der Waals surface area contributed by atoms with Crippen LogP contribution >= 0.6 is 11.6 Å². The Hall–Kier alpha value is -1.71. The molecule has 25 heavy (non-hydrogen) atoms. The molecule has 2 aromatic rings. The third-order valence-electron chi connectivity index (χ3n) is 6.19. The molecule has 0 aliphatic heterocycles. The van der Waals surface area contributed by atoms with Crippen LogP contribution in [0.1, 0.15) is 67.2 Å². The van der Waals surface area contributed by atoms with Gasteiger partial charge in [-0.25, -0.2) is 0 Å². The van der Waals surface area contributed by atoms with Gasteiger partial charge in [0.2, 0.25) is 0 Å². The number of hydrogen-bond acceptors (Lipinski definition) is 0. The molecule has 0 radical (unpaired) electrons. The van der Waals surface area contributed by atoms with Crippen LogP contribution in [0.4, 0.5) is 0 Å². The Labute approximate surface area is 156 Å². The van der Waals surface area contributed by atoms with E-state index in [2.05, 4.69) is 37.0 Å². The van der Waals surface area contributed by atoms with Gasteiger partial charge in [-0.1, -0.05) is 42.9 Å². The highest BCUT2D eigenvalue weighted by molar-refractivity contribution is 6.30. The summed E-state index contributed by atoms with van der Waals surface area (Å²) in [6, 6.07) is 14.7. The maximum Gasteiger partial charge on any atom is 0.0406 e. The third-order valence-corrected chi connectivity index (χ3v) is 6.44. The lowest BCUT2D eigenvalue weighted by molar-refractivity contribution is 0.206. The average Bonchev–Trinajstić information content (AvgIpc) is 2.66. The van der Waals surface area contributed by atoms with Gasteiger partial charge in [-0.15, -0.1) is 0 Å². The van der Waals surface area contributed by atoms with Crippen molar-refractivity contribution in [1.29, 1.82) is 0 Å². The van der Waals surface area contributed by atoms with Crippen LogP contribution in [0.15, 0.2) is 42.5 Å². The minimum atomic E-state index is 0.756. The van der Waals surface area contributed by atoms with E-state index >= 15 is 0 Å². The second-order valence-electron chi connectivity index (χ2n) is 7.66. The zero-order valence-electron chi connectivity index (χ0n) is 14.9. The van der Waals surface area contributed by atoms with E-state index in [1.807, 2.05) is 24.3 Å². The van der Waals surface area contributed by atoms with Gasteiger partial charge in [-0.2, -0.15) is 0 Å². The van der Waals surface area contributed by atoms with Gasteiger partial charge < -0.3 is 0 Å². The summed E-state index contributed by atoms with van der Waals surface area (Å²) < 4.78 is 0. The Bertz CT molecular complexity index is 806. The lowest BCUT2D eigenvalue weighted by Crippen LogP contribution is -2.27. The van der Waals surface area contributed by atoms with E-state index < -0.39 is 0 Å². The molecule has 0 N–H and O–H groups in total. The quantitative estimate of drug-likeness (QED) is 0.509. The van der Waals surface area contributed by atoms with Crippen molar-refractivity contribution in [2.45, 2.75) is 51.4 Å². The zero-order valence-corrected chi connectivity index (χ0v) is 15.7. The molecule has 1 fully saturated rings. The van der Waals surface area contributed by atoms with Crippen molar-refractivity contribution >= 4 is 11.6 Å². The predicted molar refractivity (Wildman–Crippen MR) is 106 cm³/mol.